The fourth-order valence-corrected chi connectivity index (χ4v) is 1.90. The van der Waals surface area contributed by atoms with Crippen LogP contribution in [-0.4, -0.2) is 6.54 Å². The highest BCUT2D eigenvalue weighted by Crippen LogP contribution is 2.41. The van der Waals surface area contributed by atoms with Crippen LogP contribution in [-0.2, 0) is 0 Å². The molecule has 1 heterocycles. The average molecular weight is 179 g/mol. The van der Waals surface area contributed by atoms with Gasteiger partial charge in [0.15, 0.2) is 0 Å². The van der Waals surface area contributed by atoms with Gasteiger partial charge >= 0.3 is 0 Å². The molecule has 1 aliphatic carbocycles. The fourth-order valence-electron chi connectivity index (χ4n) is 1.90. The summed E-state index contributed by atoms with van der Waals surface area (Å²) in [6, 6.07) is 2.63. The molecule has 1 aromatic heterocycles. The highest BCUT2D eigenvalue weighted by atomic mass is 16.3. The normalized spacial score (nSPS) is 18.9. The topological polar surface area (TPSA) is 25.2 Å². The van der Waals surface area contributed by atoms with Crippen molar-refractivity contribution in [3.8, 4) is 0 Å². The molecule has 1 unspecified atom stereocenters. The summed E-state index contributed by atoms with van der Waals surface area (Å²) in [5, 5.41) is 3.53. The summed E-state index contributed by atoms with van der Waals surface area (Å²) < 4.78 is 5.33. The van der Waals surface area contributed by atoms with Crippen LogP contribution in [0.4, 0.5) is 0 Å². The molecule has 0 amide bonds. The summed E-state index contributed by atoms with van der Waals surface area (Å²) in [5.74, 6) is 1.91. The molecular weight excluding hydrogens is 162 g/mol. The summed E-state index contributed by atoms with van der Waals surface area (Å²) in [7, 11) is 0. The van der Waals surface area contributed by atoms with E-state index in [-0.39, 0.29) is 0 Å². The van der Waals surface area contributed by atoms with Gasteiger partial charge in [-0.25, -0.2) is 0 Å². The predicted molar refractivity (Wildman–Crippen MR) is 52.6 cm³/mol. The fraction of sp³-hybridized carbons (Fsp3) is 0.636. The second-order valence-electron chi connectivity index (χ2n) is 3.80. The Kier molecular flexibility index (Phi) is 2.40. The first-order chi connectivity index (χ1) is 6.33. The second-order valence-corrected chi connectivity index (χ2v) is 3.80. The van der Waals surface area contributed by atoms with E-state index in [0.717, 1.165) is 18.2 Å². The molecule has 1 aromatic rings. The molecule has 0 bridgehead atoms. The molecule has 13 heavy (non-hydrogen) atoms. The van der Waals surface area contributed by atoms with Crippen LogP contribution in [0.3, 0.4) is 0 Å². The Bertz CT molecular complexity index is 275. The summed E-state index contributed by atoms with van der Waals surface area (Å²) in [4.78, 5) is 0. The molecule has 2 nitrogen and oxygen atoms in total. The van der Waals surface area contributed by atoms with E-state index in [2.05, 4.69) is 18.3 Å². The summed E-state index contributed by atoms with van der Waals surface area (Å²) >= 11 is 0. The maximum atomic E-state index is 5.33. The number of hydrogen-bond acceptors (Lipinski definition) is 2. The van der Waals surface area contributed by atoms with E-state index < -0.39 is 0 Å². The minimum atomic E-state index is 0.531. The van der Waals surface area contributed by atoms with Gasteiger partial charge in [0, 0.05) is 11.6 Å². The lowest BCUT2D eigenvalue weighted by Crippen LogP contribution is -2.22. The maximum absolute atomic E-state index is 5.33. The van der Waals surface area contributed by atoms with Gasteiger partial charge in [-0.1, -0.05) is 6.92 Å². The molecule has 1 saturated carbocycles. The first-order valence-electron chi connectivity index (χ1n) is 5.10. The van der Waals surface area contributed by atoms with Crippen LogP contribution in [0.5, 0.6) is 0 Å². The average Bonchev–Trinajstić information content (AvgIpc) is 2.86. The summed E-state index contributed by atoms with van der Waals surface area (Å²) in [5.41, 5.74) is 1.35. The molecule has 1 N–H and O–H groups in total. The van der Waals surface area contributed by atoms with Gasteiger partial charge in [-0.2, -0.15) is 0 Å². The predicted octanol–water partition coefficient (Wildman–Crippen LogP) is 2.65. The van der Waals surface area contributed by atoms with Gasteiger partial charge in [-0.15, -0.1) is 0 Å². The molecule has 0 saturated heterocycles. The van der Waals surface area contributed by atoms with Crippen LogP contribution >= 0.6 is 0 Å². The number of furan rings is 1. The zero-order chi connectivity index (χ0) is 9.26. The molecule has 1 atom stereocenters. The van der Waals surface area contributed by atoms with Gasteiger partial charge in [0.2, 0.25) is 0 Å². The van der Waals surface area contributed by atoms with E-state index in [0.29, 0.717) is 6.04 Å². The van der Waals surface area contributed by atoms with Crippen molar-refractivity contribution < 1.29 is 4.42 Å². The third-order valence-corrected chi connectivity index (χ3v) is 2.75. The van der Waals surface area contributed by atoms with E-state index in [4.69, 9.17) is 4.42 Å². The largest absolute Gasteiger partial charge is 0.469 e. The van der Waals surface area contributed by atoms with Gasteiger partial charge in [0.25, 0.3) is 0 Å². The smallest absolute Gasteiger partial charge is 0.105 e. The van der Waals surface area contributed by atoms with E-state index in [1.165, 1.54) is 18.4 Å². The van der Waals surface area contributed by atoms with Crippen molar-refractivity contribution >= 4 is 0 Å². The van der Waals surface area contributed by atoms with E-state index in [9.17, 15) is 0 Å². The highest BCUT2D eigenvalue weighted by Gasteiger charge is 2.33. The third kappa shape index (κ3) is 1.78. The number of aryl methyl sites for hydroxylation is 1. The van der Waals surface area contributed by atoms with Gasteiger partial charge in [-0.05, 0) is 38.3 Å². The second kappa shape index (κ2) is 3.54. The molecule has 2 rings (SSSR count). The SMILES string of the molecule is CCNC(c1ccoc1C)C1CC1. The van der Waals surface area contributed by atoms with Crippen molar-refractivity contribution in [2.45, 2.75) is 32.7 Å². The Morgan fingerprint density at radius 3 is 2.85 bits per heavy atom. The number of nitrogens with one attached hydrogen (secondary N) is 1. The third-order valence-electron chi connectivity index (χ3n) is 2.75. The van der Waals surface area contributed by atoms with Crippen LogP contribution in [0.1, 0.15) is 37.1 Å². The van der Waals surface area contributed by atoms with Crippen LogP contribution in [0, 0.1) is 12.8 Å². The van der Waals surface area contributed by atoms with Gasteiger partial charge < -0.3 is 9.73 Å². The van der Waals surface area contributed by atoms with Crippen molar-refractivity contribution in [1.82, 2.24) is 5.32 Å². The quantitative estimate of drug-likeness (QED) is 0.768. The highest BCUT2D eigenvalue weighted by molar-refractivity contribution is 5.22. The summed E-state index contributed by atoms with van der Waals surface area (Å²) in [6.07, 6.45) is 4.52. The van der Waals surface area contributed by atoms with E-state index in [1.807, 2.05) is 6.92 Å². The zero-order valence-electron chi connectivity index (χ0n) is 8.34. The maximum Gasteiger partial charge on any atom is 0.105 e. The molecule has 0 radical (unpaired) electrons. The Balaban J connectivity index is 2.14. The van der Waals surface area contributed by atoms with Crippen LogP contribution < -0.4 is 5.32 Å². The van der Waals surface area contributed by atoms with Crippen LogP contribution in [0.15, 0.2) is 16.7 Å². The number of hydrogen-bond donors (Lipinski definition) is 1. The molecule has 0 aromatic carbocycles. The first kappa shape index (κ1) is 8.82. The van der Waals surface area contributed by atoms with Crippen molar-refractivity contribution in [3.05, 3.63) is 23.7 Å². The standard InChI is InChI=1S/C11H17NO/c1-3-12-11(9-4-5-9)10-6-7-13-8(10)2/h6-7,9,11-12H,3-5H2,1-2H3. The molecular formula is C11H17NO. The Morgan fingerprint density at radius 1 is 1.62 bits per heavy atom. The van der Waals surface area contributed by atoms with Gasteiger partial charge in [0.1, 0.15) is 5.76 Å². The lowest BCUT2D eigenvalue weighted by Gasteiger charge is -2.16. The molecule has 1 aliphatic rings. The van der Waals surface area contributed by atoms with E-state index >= 15 is 0 Å². The van der Waals surface area contributed by atoms with Crippen molar-refractivity contribution in [2.75, 3.05) is 6.54 Å². The Labute approximate surface area is 79.3 Å². The minimum Gasteiger partial charge on any atom is -0.469 e. The molecule has 0 aliphatic heterocycles. The van der Waals surface area contributed by atoms with Gasteiger partial charge in [-0.3, -0.25) is 0 Å². The first-order valence-corrected chi connectivity index (χ1v) is 5.10. The Morgan fingerprint density at radius 2 is 2.38 bits per heavy atom. The van der Waals surface area contributed by atoms with Crippen LogP contribution in [0.25, 0.3) is 0 Å². The monoisotopic (exact) mass is 179 g/mol. The van der Waals surface area contributed by atoms with Crippen molar-refractivity contribution in [3.63, 3.8) is 0 Å². The van der Waals surface area contributed by atoms with E-state index in [1.54, 1.807) is 6.26 Å². The van der Waals surface area contributed by atoms with Gasteiger partial charge in [0.05, 0.1) is 6.26 Å². The van der Waals surface area contributed by atoms with Crippen molar-refractivity contribution in [1.29, 1.82) is 0 Å². The Hall–Kier alpha value is -0.760. The minimum absolute atomic E-state index is 0.531. The van der Waals surface area contributed by atoms with Crippen molar-refractivity contribution in [2.24, 2.45) is 5.92 Å². The summed E-state index contributed by atoms with van der Waals surface area (Å²) in [6.45, 7) is 5.23. The van der Waals surface area contributed by atoms with Crippen LogP contribution in [0.2, 0.25) is 0 Å². The molecule has 0 spiro atoms. The number of rotatable bonds is 4. The lowest BCUT2D eigenvalue weighted by molar-refractivity contribution is 0.472. The molecule has 1 fully saturated rings. The lowest BCUT2D eigenvalue weighted by atomic mass is 10.0. The molecule has 72 valence electrons. The molecule has 2 heteroatoms. The zero-order valence-corrected chi connectivity index (χ0v) is 8.34.